The average Bonchev–Trinajstić information content (AvgIpc) is 3.06. The Morgan fingerprint density at radius 3 is 2.34 bits per heavy atom. The molecule has 0 spiro atoms. The summed E-state index contributed by atoms with van der Waals surface area (Å²) in [6.45, 7) is 8.08. The van der Waals surface area contributed by atoms with E-state index >= 15 is 0 Å². The summed E-state index contributed by atoms with van der Waals surface area (Å²) in [5, 5.41) is 2.18. The molecular formula is C36H37BrF3N3O3S. The molecule has 2 heterocycles. The maximum Gasteiger partial charge on any atom is 0.416 e. The smallest absolute Gasteiger partial charge is 0.416 e. The van der Waals surface area contributed by atoms with Crippen molar-refractivity contribution >= 4 is 55.8 Å². The van der Waals surface area contributed by atoms with Crippen LogP contribution in [0.3, 0.4) is 0 Å². The van der Waals surface area contributed by atoms with Gasteiger partial charge in [-0.25, -0.2) is 0 Å². The molecule has 0 bridgehead atoms. The van der Waals surface area contributed by atoms with Gasteiger partial charge in [0.15, 0.2) is 0 Å². The lowest BCUT2D eigenvalue weighted by Gasteiger charge is -2.36. The van der Waals surface area contributed by atoms with Crippen molar-refractivity contribution in [2.45, 2.75) is 29.3 Å². The summed E-state index contributed by atoms with van der Waals surface area (Å²) in [7, 11) is 0. The highest BCUT2D eigenvalue weighted by Gasteiger charge is 2.33. The minimum Gasteiger partial charge on any atom is -0.493 e. The van der Waals surface area contributed by atoms with E-state index in [0.29, 0.717) is 25.4 Å². The summed E-state index contributed by atoms with van der Waals surface area (Å²) in [4.78, 5) is 21.2. The Morgan fingerprint density at radius 2 is 1.55 bits per heavy atom. The van der Waals surface area contributed by atoms with E-state index in [2.05, 4.69) is 25.7 Å². The maximum absolute atomic E-state index is 13.5. The predicted octanol–water partition coefficient (Wildman–Crippen LogP) is 8.49. The fraction of sp³-hybridized carbons (Fsp3) is 0.361. The molecule has 1 fully saturated rings. The van der Waals surface area contributed by atoms with Crippen LogP contribution in [0, 0.1) is 5.92 Å². The zero-order chi connectivity index (χ0) is 33.0. The molecule has 0 aliphatic carbocycles. The molecule has 0 radical (unpaired) electrons. The van der Waals surface area contributed by atoms with Crippen LogP contribution in [-0.4, -0.2) is 74.8 Å². The van der Waals surface area contributed by atoms with Gasteiger partial charge in [-0.3, -0.25) is 9.69 Å². The van der Waals surface area contributed by atoms with Crippen molar-refractivity contribution in [2.75, 3.05) is 63.9 Å². The van der Waals surface area contributed by atoms with Crippen molar-refractivity contribution in [1.82, 2.24) is 9.80 Å². The molecule has 248 valence electrons. The molecule has 4 aromatic carbocycles. The Labute approximate surface area is 285 Å². The quantitative estimate of drug-likeness (QED) is 0.144. The van der Waals surface area contributed by atoms with Crippen LogP contribution in [0.4, 0.5) is 24.5 Å². The number of nitrogens with zero attached hydrogens (tertiary/aromatic N) is 3. The lowest BCUT2D eigenvalue weighted by Crippen LogP contribution is -2.47. The van der Waals surface area contributed by atoms with Crippen LogP contribution in [0.15, 0.2) is 93.1 Å². The summed E-state index contributed by atoms with van der Waals surface area (Å²) in [5.41, 5.74) is 0.943. The fourth-order valence-corrected chi connectivity index (χ4v) is 7.38. The van der Waals surface area contributed by atoms with E-state index in [9.17, 15) is 18.0 Å². The summed E-state index contributed by atoms with van der Waals surface area (Å²) in [6, 6.07) is 23.9. The zero-order valence-corrected chi connectivity index (χ0v) is 28.5. The predicted molar refractivity (Wildman–Crippen MR) is 184 cm³/mol. The second-order valence-corrected chi connectivity index (χ2v) is 14.0. The standard InChI is InChI=1S/C36H37BrF3N3O3S/c1-25(24-46-30-11-8-26-21-29(37)10-7-27(26)22-30)35(44)45-20-19-42-17-15-41(16-18-42)13-4-14-43-31-5-2-3-6-33(31)47-34-12-9-28(23-32(34)43)36(38,39)40/h2-3,5-12,21-23,25H,4,13-20,24H2,1H3. The average molecular weight is 729 g/mol. The second-order valence-electron chi connectivity index (χ2n) is 12.0. The molecule has 0 aromatic heterocycles. The van der Waals surface area contributed by atoms with Gasteiger partial charge in [-0.1, -0.05) is 52.0 Å². The van der Waals surface area contributed by atoms with E-state index in [1.165, 1.54) is 23.9 Å². The Bertz CT molecular complexity index is 1710. The number of carbonyl (C=O) groups is 1. The fourth-order valence-electron chi connectivity index (χ4n) is 5.93. The number of benzene rings is 4. The van der Waals surface area contributed by atoms with Gasteiger partial charge in [0.2, 0.25) is 0 Å². The van der Waals surface area contributed by atoms with Gasteiger partial charge in [0, 0.05) is 53.5 Å². The molecule has 6 rings (SSSR count). The molecule has 2 aliphatic heterocycles. The van der Waals surface area contributed by atoms with Gasteiger partial charge in [-0.05, 0) is 85.3 Å². The van der Waals surface area contributed by atoms with Crippen LogP contribution in [0.25, 0.3) is 10.8 Å². The highest BCUT2D eigenvalue weighted by Crippen LogP contribution is 2.49. The van der Waals surface area contributed by atoms with E-state index in [4.69, 9.17) is 9.47 Å². The van der Waals surface area contributed by atoms with Crippen LogP contribution >= 0.6 is 27.7 Å². The number of fused-ring (bicyclic) bond motifs is 3. The third-order valence-electron chi connectivity index (χ3n) is 8.60. The topological polar surface area (TPSA) is 45.3 Å². The third-order valence-corrected chi connectivity index (χ3v) is 10.2. The molecule has 1 unspecified atom stereocenters. The van der Waals surface area contributed by atoms with Crippen LogP contribution < -0.4 is 9.64 Å². The monoisotopic (exact) mass is 727 g/mol. The number of ether oxygens (including phenoxy) is 2. The van der Waals surface area contributed by atoms with Crippen molar-refractivity contribution in [3.8, 4) is 5.75 Å². The Morgan fingerprint density at radius 1 is 0.851 bits per heavy atom. The van der Waals surface area contributed by atoms with Crippen molar-refractivity contribution in [2.24, 2.45) is 5.92 Å². The molecule has 1 saturated heterocycles. The Kier molecular flexibility index (Phi) is 10.7. The lowest BCUT2D eigenvalue weighted by molar-refractivity contribution is -0.149. The van der Waals surface area contributed by atoms with Gasteiger partial charge < -0.3 is 19.3 Å². The first-order valence-electron chi connectivity index (χ1n) is 15.8. The molecule has 4 aromatic rings. The Balaban J connectivity index is 0.916. The highest BCUT2D eigenvalue weighted by molar-refractivity contribution is 9.10. The van der Waals surface area contributed by atoms with E-state index in [1.54, 1.807) is 6.07 Å². The summed E-state index contributed by atoms with van der Waals surface area (Å²) >= 11 is 5.00. The minimum atomic E-state index is -4.39. The normalized spacial score (nSPS) is 16.1. The molecule has 6 nitrogen and oxygen atoms in total. The van der Waals surface area contributed by atoms with Gasteiger partial charge in [-0.15, -0.1) is 0 Å². The minimum absolute atomic E-state index is 0.246. The number of anilines is 2. The molecule has 1 atom stereocenters. The number of rotatable bonds is 11. The number of halogens is 4. The van der Waals surface area contributed by atoms with Crippen molar-refractivity contribution < 1.29 is 27.4 Å². The molecule has 47 heavy (non-hydrogen) atoms. The molecule has 11 heteroatoms. The van der Waals surface area contributed by atoms with Gasteiger partial charge >= 0.3 is 12.1 Å². The van der Waals surface area contributed by atoms with Crippen molar-refractivity contribution in [3.05, 3.63) is 88.9 Å². The first-order chi connectivity index (χ1) is 22.6. The first-order valence-corrected chi connectivity index (χ1v) is 17.4. The van der Waals surface area contributed by atoms with Crippen LogP contribution in [0.5, 0.6) is 5.75 Å². The van der Waals surface area contributed by atoms with Gasteiger partial charge in [0.25, 0.3) is 0 Å². The number of alkyl halides is 3. The molecule has 0 amide bonds. The number of hydrogen-bond donors (Lipinski definition) is 0. The summed E-state index contributed by atoms with van der Waals surface area (Å²) in [5.74, 6) is 0.0670. The number of carbonyl (C=O) groups excluding carboxylic acids is 1. The first kappa shape index (κ1) is 33.6. The van der Waals surface area contributed by atoms with Crippen LogP contribution in [-0.2, 0) is 15.7 Å². The maximum atomic E-state index is 13.5. The third kappa shape index (κ3) is 8.43. The number of hydrogen-bond acceptors (Lipinski definition) is 7. The summed E-state index contributed by atoms with van der Waals surface area (Å²) in [6.07, 6.45) is -3.56. The number of para-hydroxylation sites is 1. The van der Waals surface area contributed by atoms with E-state index in [0.717, 1.165) is 75.6 Å². The van der Waals surface area contributed by atoms with Crippen molar-refractivity contribution in [1.29, 1.82) is 0 Å². The Hall–Kier alpha value is -3.25. The van der Waals surface area contributed by atoms with E-state index in [-0.39, 0.29) is 18.5 Å². The molecule has 0 saturated carbocycles. The number of esters is 1. The van der Waals surface area contributed by atoms with Gasteiger partial charge in [0.05, 0.1) is 22.9 Å². The zero-order valence-electron chi connectivity index (χ0n) is 26.1. The largest absolute Gasteiger partial charge is 0.493 e. The van der Waals surface area contributed by atoms with Gasteiger partial charge in [0.1, 0.15) is 19.0 Å². The van der Waals surface area contributed by atoms with Crippen LogP contribution in [0.1, 0.15) is 18.9 Å². The molecule has 2 aliphatic rings. The lowest BCUT2D eigenvalue weighted by atomic mass is 10.1. The van der Waals surface area contributed by atoms with Gasteiger partial charge in [-0.2, -0.15) is 13.2 Å². The highest BCUT2D eigenvalue weighted by atomic mass is 79.9. The van der Waals surface area contributed by atoms with Crippen molar-refractivity contribution in [3.63, 3.8) is 0 Å². The molecule has 0 N–H and O–H groups in total. The number of piperazine rings is 1. The van der Waals surface area contributed by atoms with Crippen LogP contribution in [0.2, 0.25) is 0 Å². The summed E-state index contributed by atoms with van der Waals surface area (Å²) < 4.78 is 53.1. The SMILES string of the molecule is CC(COc1ccc2cc(Br)ccc2c1)C(=O)OCCN1CCN(CCCN2c3ccccc3Sc3ccc(C(F)(F)F)cc32)CC1. The van der Waals surface area contributed by atoms with E-state index in [1.807, 2.05) is 72.5 Å². The van der Waals surface area contributed by atoms with E-state index < -0.39 is 11.7 Å². The second kappa shape index (κ2) is 14.9. The molecular weight excluding hydrogens is 691 g/mol.